The summed E-state index contributed by atoms with van der Waals surface area (Å²) in [6.07, 6.45) is 1.27. The number of carboxylic acids is 1. The van der Waals surface area contributed by atoms with E-state index in [0.717, 1.165) is 0 Å². The summed E-state index contributed by atoms with van der Waals surface area (Å²) in [5, 5.41) is 8.96. The van der Waals surface area contributed by atoms with Crippen LogP contribution in [-0.4, -0.2) is 35.6 Å². The summed E-state index contributed by atoms with van der Waals surface area (Å²) >= 11 is 0. The Bertz CT molecular complexity index is 431. The average molecular weight is 223 g/mol. The molecule has 16 heavy (non-hydrogen) atoms. The van der Waals surface area contributed by atoms with Crippen LogP contribution in [0.25, 0.3) is 0 Å². The minimum Gasteiger partial charge on any atom is -0.478 e. The minimum atomic E-state index is -1.08. The number of carbonyl (C=O) groups excluding carboxylic acids is 1. The number of hydrogen-bond donors (Lipinski definition) is 2. The maximum Gasteiger partial charge on any atom is 0.339 e. The standard InChI is InChI=1S/C10H13N3O3/c1-6-3-8(13(2)5-9(11)14)7(4-12-6)10(15)16/h3-4H,5H2,1-2H3,(H2,11,14)(H,15,16). The first-order valence-corrected chi connectivity index (χ1v) is 4.61. The maximum atomic E-state index is 10.9. The number of carbonyl (C=O) groups is 2. The van der Waals surface area contributed by atoms with Gasteiger partial charge in [0, 0.05) is 18.9 Å². The Morgan fingerprint density at radius 1 is 1.56 bits per heavy atom. The molecule has 0 aromatic carbocycles. The number of pyridine rings is 1. The highest BCUT2D eigenvalue weighted by Crippen LogP contribution is 2.19. The second kappa shape index (κ2) is 4.61. The molecule has 0 bridgehead atoms. The van der Waals surface area contributed by atoms with Crippen molar-refractivity contribution in [2.45, 2.75) is 6.92 Å². The second-order valence-corrected chi connectivity index (χ2v) is 3.47. The van der Waals surface area contributed by atoms with Gasteiger partial charge in [0.2, 0.25) is 5.91 Å². The Morgan fingerprint density at radius 2 is 2.19 bits per heavy atom. The lowest BCUT2D eigenvalue weighted by Gasteiger charge is -2.19. The van der Waals surface area contributed by atoms with Crippen LogP contribution in [0.3, 0.4) is 0 Å². The first kappa shape index (κ1) is 12.0. The molecule has 6 heteroatoms. The van der Waals surface area contributed by atoms with Crippen molar-refractivity contribution in [1.29, 1.82) is 0 Å². The smallest absolute Gasteiger partial charge is 0.339 e. The fourth-order valence-corrected chi connectivity index (χ4v) is 1.34. The lowest BCUT2D eigenvalue weighted by Crippen LogP contribution is -2.31. The number of hydrogen-bond acceptors (Lipinski definition) is 4. The zero-order valence-electron chi connectivity index (χ0n) is 9.10. The van der Waals surface area contributed by atoms with Gasteiger partial charge in [-0.1, -0.05) is 0 Å². The zero-order chi connectivity index (χ0) is 12.3. The summed E-state index contributed by atoms with van der Waals surface area (Å²) in [6.45, 7) is 1.71. The minimum absolute atomic E-state index is 0.0380. The monoisotopic (exact) mass is 223 g/mol. The van der Waals surface area contributed by atoms with Gasteiger partial charge in [-0.3, -0.25) is 9.78 Å². The molecule has 1 heterocycles. The van der Waals surface area contributed by atoms with Crippen LogP contribution >= 0.6 is 0 Å². The third-order valence-corrected chi connectivity index (χ3v) is 2.05. The summed E-state index contributed by atoms with van der Waals surface area (Å²) in [5.74, 6) is -1.60. The van der Waals surface area contributed by atoms with Crippen LogP contribution in [0.2, 0.25) is 0 Å². The van der Waals surface area contributed by atoms with E-state index in [1.807, 2.05) is 0 Å². The van der Waals surface area contributed by atoms with E-state index in [-0.39, 0.29) is 12.1 Å². The topological polar surface area (TPSA) is 96.5 Å². The molecule has 1 amide bonds. The number of nitrogens with two attached hydrogens (primary N) is 1. The molecule has 0 aliphatic carbocycles. The molecule has 3 N–H and O–H groups in total. The lowest BCUT2D eigenvalue weighted by atomic mass is 10.2. The second-order valence-electron chi connectivity index (χ2n) is 3.47. The van der Waals surface area contributed by atoms with Gasteiger partial charge in [0.15, 0.2) is 0 Å². The number of primary amides is 1. The molecule has 86 valence electrons. The van der Waals surface area contributed by atoms with E-state index in [1.54, 1.807) is 20.0 Å². The molecule has 0 saturated heterocycles. The number of rotatable bonds is 4. The van der Waals surface area contributed by atoms with Gasteiger partial charge in [0.1, 0.15) is 5.56 Å². The van der Waals surface area contributed by atoms with E-state index in [1.165, 1.54) is 11.1 Å². The molecule has 6 nitrogen and oxygen atoms in total. The Balaban J connectivity index is 3.13. The highest BCUT2D eigenvalue weighted by molar-refractivity contribution is 5.95. The van der Waals surface area contributed by atoms with Crippen molar-refractivity contribution >= 4 is 17.6 Å². The van der Waals surface area contributed by atoms with Crippen LogP contribution in [-0.2, 0) is 4.79 Å². The van der Waals surface area contributed by atoms with Crippen molar-refractivity contribution in [2.24, 2.45) is 5.73 Å². The average Bonchev–Trinajstić information content (AvgIpc) is 2.15. The molecule has 0 atom stereocenters. The quantitative estimate of drug-likeness (QED) is 0.749. The van der Waals surface area contributed by atoms with Gasteiger partial charge in [-0.15, -0.1) is 0 Å². The Kier molecular flexibility index (Phi) is 3.44. The Morgan fingerprint density at radius 3 is 2.69 bits per heavy atom. The third-order valence-electron chi connectivity index (χ3n) is 2.05. The van der Waals surface area contributed by atoms with E-state index in [4.69, 9.17) is 10.8 Å². The van der Waals surface area contributed by atoms with Crippen molar-refractivity contribution in [2.75, 3.05) is 18.5 Å². The highest BCUT2D eigenvalue weighted by atomic mass is 16.4. The number of likely N-dealkylation sites (N-methyl/N-ethyl adjacent to an activating group) is 1. The molecule has 0 fully saturated rings. The van der Waals surface area contributed by atoms with Crippen molar-refractivity contribution in [1.82, 2.24) is 4.98 Å². The van der Waals surface area contributed by atoms with Crippen LogP contribution in [0.1, 0.15) is 16.1 Å². The number of aryl methyl sites for hydroxylation is 1. The SMILES string of the molecule is Cc1cc(N(C)CC(N)=O)c(C(=O)O)cn1. The molecule has 0 aliphatic rings. The number of carboxylic acid groups (broad SMARTS) is 1. The molecule has 1 aromatic heterocycles. The molecule has 0 unspecified atom stereocenters. The zero-order valence-corrected chi connectivity index (χ0v) is 9.10. The molecular weight excluding hydrogens is 210 g/mol. The molecule has 0 aliphatic heterocycles. The third kappa shape index (κ3) is 2.69. The van der Waals surface area contributed by atoms with E-state index < -0.39 is 11.9 Å². The van der Waals surface area contributed by atoms with Crippen molar-refractivity contribution in [3.05, 3.63) is 23.5 Å². The van der Waals surface area contributed by atoms with Crippen molar-refractivity contribution in [3.63, 3.8) is 0 Å². The van der Waals surface area contributed by atoms with Gasteiger partial charge in [0.25, 0.3) is 0 Å². The number of aromatic carboxylic acids is 1. The van der Waals surface area contributed by atoms with E-state index in [9.17, 15) is 9.59 Å². The largest absolute Gasteiger partial charge is 0.478 e. The molecule has 0 spiro atoms. The summed E-state index contributed by atoms with van der Waals surface area (Å²) < 4.78 is 0. The van der Waals surface area contributed by atoms with Crippen LogP contribution in [0, 0.1) is 6.92 Å². The highest BCUT2D eigenvalue weighted by Gasteiger charge is 2.15. The van der Waals surface area contributed by atoms with E-state index >= 15 is 0 Å². The summed E-state index contributed by atoms with van der Waals surface area (Å²) in [4.78, 5) is 27.1. The van der Waals surface area contributed by atoms with Gasteiger partial charge in [-0.2, -0.15) is 0 Å². The number of anilines is 1. The molecule has 1 rings (SSSR count). The number of nitrogens with zero attached hydrogens (tertiary/aromatic N) is 2. The Hall–Kier alpha value is -2.11. The van der Waals surface area contributed by atoms with Gasteiger partial charge in [-0.05, 0) is 13.0 Å². The van der Waals surface area contributed by atoms with E-state index in [2.05, 4.69) is 4.98 Å². The van der Waals surface area contributed by atoms with Crippen LogP contribution in [0.5, 0.6) is 0 Å². The molecular formula is C10H13N3O3. The number of aromatic nitrogens is 1. The predicted octanol–water partition coefficient (Wildman–Crippen LogP) is 0.00972. The maximum absolute atomic E-state index is 10.9. The number of amides is 1. The summed E-state index contributed by atoms with van der Waals surface area (Å²) in [5.41, 5.74) is 6.21. The van der Waals surface area contributed by atoms with Crippen LogP contribution < -0.4 is 10.6 Å². The van der Waals surface area contributed by atoms with Gasteiger partial charge in [-0.25, -0.2) is 4.79 Å². The van der Waals surface area contributed by atoms with Gasteiger partial charge in [0.05, 0.1) is 12.2 Å². The predicted molar refractivity (Wildman–Crippen MR) is 58.4 cm³/mol. The summed E-state index contributed by atoms with van der Waals surface area (Å²) in [7, 11) is 1.60. The molecule has 1 aromatic rings. The van der Waals surface area contributed by atoms with Gasteiger partial charge < -0.3 is 15.7 Å². The van der Waals surface area contributed by atoms with Crippen LogP contribution in [0.4, 0.5) is 5.69 Å². The van der Waals surface area contributed by atoms with Crippen molar-refractivity contribution < 1.29 is 14.7 Å². The summed E-state index contributed by atoms with van der Waals surface area (Å²) in [6, 6.07) is 1.60. The molecule has 0 radical (unpaired) electrons. The fourth-order valence-electron chi connectivity index (χ4n) is 1.34. The lowest BCUT2D eigenvalue weighted by molar-refractivity contribution is -0.116. The van der Waals surface area contributed by atoms with Crippen molar-refractivity contribution in [3.8, 4) is 0 Å². The fraction of sp³-hybridized carbons (Fsp3) is 0.300. The van der Waals surface area contributed by atoms with Crippen LogP contribution in [0.15, 0.2) is 12.3 Å². The molecule has 0 saturated carbocycles. The van der Waals surface area contributed by atoms with Gasteiger partial charge >= 0.3 is 5.97 Å². The first-order valence-electron chi connectivity index (χ1n) is 4.61. The normalized spacial score (nSPS) is 9.88. The van der Waals surface area contributed by atoms with E-state index in [0.29, 0.717) is 11.4 Å². The first-order chi connectivity index (χ1) is 7.41. The Labute approximate surface area is 92.7 Å².